The normalized spacial score (nSPS) is 13.8. The number of aromatic carboxylic acids is 1. The number of rotatable bonds is 9. The number of anilines is 1. The second kappa shape index (κ2) is 7.76. The molecule has 0 aliphatic heterocycles. The number of carboxylic acids is 1. The molecule has 1 aliphatic rings. The van der Waals surface area contributed by atoms with Crippen molar-refractivity contribution in [2.24, 2.45) is 0 Å². The van der Waals surface area contributed by atoms with E-state index in [2.05, 4.69) is 5.32 Å². The van der Waals surface area contributed by atoms with E-state index in [-0.39, 0.29) is 24.8 Å². The monoisotopic (exact) mass is 362 g/mol. The second-order valence-corrected chi connectivity index (χ2v) is 6.15. The molecule has 0 amide bonds. The predicted octanol–water partition coefficient (Wildman–Crippen LogP) is 1.46. The summed E-state index contributed by atoms with van der Waals surface area (Å²) in [5.74, 6) is -0.662. The van der Waals surface area contributed by atoms with Crippen LogP contribution in [0.5, 0.6) is 5.75 Å². The molecule has 0 radical (unpaired) electrons. The zero-order valence-electron chi connectivity index (χ0n) is 14.5. The Kier molecular flexibility index (Phi) is 5.43. The van der Waals surface area contributed by atoms with Crippen LogP contribution < -0.4 is 15.5 Å². The summed E-state index contributed by atoms with van der Waals surface area (Å²) in [4.78, 5) is 24.1. The van der Waals surface area contributed by atoms with Gasteiger partial charge in [-0.05, 0) is 18.9 Å². The fourth-order valence-corrected chi connectivity index (χ4v) is 2.92. The molecule has 26 heavy (non-hydrogen) atoms. The molecule has 1 aromatic carbocycles. The number of aromatic nitrogens is 1. The Morgan fingerprint density at radius 1 is 1.35 bits per heavy atom. The first-order valence-electron chi connectivity index (χ1n) is 8.49. The summed E-state index contributed by atoms with van der Waals surface area (Å²) in [6.07, 6.45) is 3.35. The van der Waals surface area contributed by atoms with E-state index in [0.717, 1.165) is 12.8 Å². The number of methoxy groups -OCH3 is 1. The number of aliphatic hydroxyl groups excluding tert-OH is 1. The lowest BCUT2D eigenvalue weighted by atomic mass is 10.1. The highest BCUT2D eigenvalue weighted by Crippen LogP contribution is 2.39. The van der Waals surface area contributed by atoms with Gasteiger partial charge in [-0.1, -0.05) is 0 Å². The smallest absolute Gasteiger partial charge is 0.341 e. The number of aliphatic hydroxyl groups is 1. The molecule has 3 N–H and O–H groups in total. The van der Waals surface area contributed by atoms with Gasteiger partial charge in [0.25, 0.3) is 0 Å². The summed E-state index contributed by atoms with van der Waals surface area (Å²) in [6, 6.07) is 3.61. The first-order chi connectivity index (χ1) is 12.6. The van der Waals surface area contributed by atoms with E-state index in [1.165, 1.54) is 6.20 Å². The third-order valence-corrected chi connectivity index (χ3v) is 4.32. The lowest BCUT2D eigenvalue weighted by Gasteiger charge is -2.16. The van der Waals surface area contributed by atoms with Gasteiger partial charge in [-0.25, -0.2) is 4.79 Å². The van der Waals surface area contributed by atoms with Gasteiger partial charge in [0.1, 0.15) is 11.3 Å². The van der Waals surface area contributed by atoms with Crippen LogP contribution in [0.1, 0.15) is 29.2 Å². The number of hydrogen-bond acceptors (Lipinski definition) is 6. The number of fused-ring (bicyclic) bond motifs is 1. The van der Waals surface area contributed by atoms with E-state index in [1.54, 1.807) is 19.2 Å². The minimum Gasteiger partial charge on any atom is -0.495 e. The molecule has 1 aromatic heterocycles. The standard InChI is InChI=1S/C18H22N2O6/c1-25-16-9-15-12(8-14(16)19-4-6-26-7-5-21)17(22)13(18(23)24)10-20(15)11-2-3-11/h8-11,19,21H,2-7H2,1H3,(H,23,24). The van der Waals surface area contributed by atoms with Gasteiger partial charge in [0, 0.05) is 30.2 Å². The first kappa shape index (κ1) is 18.2. The average molecular weight is 362 g/mol. The molecule has 8 nitrogen and oxygen atoms in total. The molecular formula is C18H22N2O6. The Bertz CT molecular complexity index is 872. The molecule has 1 fully saturated rings. The zero-order chi connectivity index (χ0) is 18.7. The summed E-state index contributed by atoms with van der Waals surface area (Å²) in [5, 5.41) is 21.5. The van der Waals surface area contributed by atoms with Crippen molar-refractivity contribution >= 4 is 22.6 Å². The van der Waals surface area contributed by atoms with Crippen molar-refractivity contribution in [2.45, 2.75) is 18.9 Å². The summed E-state index contributed by atoms with van der Waals surface area (Å²) >= 11 is 0. The van der Waals surface area contributed by atoms with Crippen LogP contribution in [0.3, 0.4) is 0 Å². The third kappa shape index (κ3) is 3.66. The quantitative estimate of drug-likeness (QED) is 0.579. The molecule has 8 heteroatoms. The van der Waals surface area contributed by atoms with Crippen molar-refractivity contribution in [3.8, 4) is 5.75 Å². The molecular weight excluding hydrogens is 340 g/mol. The SMILES string of the molecule is COc1cc2c(cc1NCCOCCO)c(=O)c(C(=O)O)cn2C1CC1. The molecule has 3 rings (SSSR count). The molecule has 1 aliphatic carbocycles. The van der Waals surface area contributed by atoms with Gasteiger partial charge in [-0.15, -0.1) is 0 Å². The van der Waals surface area contributed by atoms with Gasteiger partial charge in [-0.3, -0.25) is 4.79 Å². The number of ether oxygens (including phenoxy) is 2. The number of carboxylic acid groups (broad SMARTS) is 1. The Morgan fingerprint density at radius 3 is 2.73 bits per heavy atom. The van der Waals surface area contributed by atoms with Crippen LogP contribution in [0.15, 0.2) is 23.1 Å². The van der Waals surface area contributed by atoms with E-state index < -0.39 is 11.4 Å². The van der Waals surface area contributed by atoms with Crippen molar-refractivity contribution in [1.82, 2.24) is 4.57 Å². The highest BCUT2D eigenvalue weighted by Gasteiger charge is 2.27. The number of pyridine rings is 1. The molecule has 0 atom stereocenters. The largest absolute Gasteiger partial charge is 0.495 e. The van der Waals surface area contributed by atoms with Crippen LogP contribution in [0.25, 0.3) is 10.9 Å². The highest BCUT2D eigenvalue weighted by molar-refractivity contribution is 5.94. The van der Waals surface area contributed by atoms with Crippen LogP contribution in [0.2, 0.25) is 0 Å². The molecule has 0 saturated heterocycles. The van der Waals surface area contributed by atoms with Crippen LogP contribution in [-0.4, -0.2) is 54.2 Å². The summed E-state index contributed by atoms with van der Waals surface area (Å²) in [5.41, 5.74) is 0.523. The third-order valence-electron chi connectivity index (χ3n) is 4.32. The predicted molar refractivity (Wildman–Crippen MR) is 96.4 cm³/mol. The number of carbonyl (C=O) groups is 1. The van der Waals surface area contributed by atoms with Crippen molar-refractivity contribution in [2.75, 3.05) is 38.8 Å². The Morgan fingerprint density at radius 2 is 2.12 bits per heavy atom. The lowest BCUT2D eigenvalue weighted by molar-refractivity contribution is 0.0695. The van der Waals surface area contributed by atoms with Crippen LogP contribution >= 0.6 is 0 Å². The summed E-state index contributed by atoms with van der Waals surface area (Å²) in [6.45, 7) is 1.04. The number of nitrogens with zero attached hydrogens (tertiary/aromatic N) is 1. The van der Waals surface area contributed by atoms with E-state index in [1.807, 2.05) is 4.57 Å². The fraction of sp³-hybridized carbons (Fsp3) is 0.444. The topological polar surface area (TPSA) is 110 Å². The number of nitrogens with one attached hydrogen (secondary N) is 1. The first-order valence-corrected chi connectivity index (χ1v) is 8.49. The molecule has 1 saturated carbocycles. The Hall–Kier alpha value is -2.58. The van der Waals surface area contributed by atoms with Gasteiger partial charge < -0.3 is 29.6 Å². The maximum absolute atomic E-state index is 12.6. The molecule has 0 spiro atoms. The second-order valence-electron chi connectivity index (χ2n) is 6.15. The van der Waals surface area contributed by atoms with Crippen molar-refractivity contribution in [1.29, 1.82) is 0 Å². The van der Waals surface area contributed by atoms with Crippen LogP contribution in [-0.2, 0) is 4.74 Å². The van der Waals surface area contributed by atoms with Gasteiger partial charge in [0.05, 0.1) is 38.1 Å². The number of benzene rings is 1. The average Bonchev–Trinajstić information content (AvgIpc) is 3.46. The minimum absolute atomic E-state index is 0.0437. The maximum Gasteiger partial charge on any atom is 0.341 e. The van der Waals surface area contributed by atoms with Crippen LogP contribution in [0.4, 0.5) is 5.69 Å². The molecule has 0 unspecified atom stereocenters. The van der Waals surface area contributed by atoms with Gasteiger partial charge in [0.2, 0.25) is 5.43 Å². The Labute approximate surface area is 150 Å². The van der Waals surface area contributed by atoms with Crippen molar-refractivity contribution < 1.29 is 24.5 Å². The molecule has 1 heterocycles. The fourth-order valence-electron chi connectivity index (χ4n) is 2.92. The zero-order valence-corrected chi connectivity index (χ0v) is 14.5. The summed E-state index contributed by atoms with van der Waals surface area (Å²) < 4.78 is 12.5. The lowest BCUT2D eigenvalue weighted by Crippen LogP contribution is -2.19. The van der Waals surface area contributed by atoms with Gasteiger partial charge in [-0.2, -0.15) is 0 Å². The van der Waals surface area contributed by atoms with E-state index in [4.69, 9.17) is 14.6 Å². The Balaban J connectivity index is 2.02. The van der Waals surface area contributed by atoms with E-state index in [9.17, 15) is 14.7 Å². The summed E-state index contributed by atoms with van der Waals surface area (Å²) in [7, 11) is 1.54. The van der Waals surface area contributed by atoms with Gasteiger partial charge in [0.15, 0.2) is 0 Å². The maximum atomic E-state index is 12.6. The van der Waals surface area contributed by atoms with E-state index >= 15 is 0 Å². The minimum atomic E-state index is -1.23. The highest BCUT2D eigenvalue weighted by atomic mass is 16.5. The molecule has 2 aromatic rings. The van der Waals surface area contributed by atoms with Crippen molar-refractivity contribution in [3.05, 3.63) is 34.1 Å². The van der Waals surface area contributed by atoms with E-state index in [0.29, 0.717) is 35.5 Å². The van der Waals surface area contributed by atoms with Crippen molar-refractivity contribution in [3.63, 3.8) is 0 Å². The number of hydrogen-bond donors (Lipinski definition) is 3. The van der Waals surface area contributed by atoms with Gasteiger partial charge >= 0.3 is 5.97 Å². The van der Waals surface area contributed by atoms with Crippen LogP contribution in [0, 0.1) is 0 Å². The molecule has 0 bridgehead atoms. The molecule has 140 valence electrons.